The van der Waals surface area contributed by atoms with Gasteiger partial charge in [-0.1, -0.05) is 43.5 Å². The SMILES string of the molecule is CCNC(=NCc1ccc(COCC)cc1)NC1CCN(C(=O)C2CCCCC2)C1. The van der Waals surface area contributed by atoms with Crippen molar-refractivity contribution >= 4 is 11.9 Å². The Kier molecular flexibility index (Phi) is 9.00. The highest BCUT2D eigenvalue weighted by atomic mass is 16.5. The van der Waals surface area contributed by atoms with Crippen molar-refractivity contribution in [2.75, 3.05) is 26.2 Å². The summed E-state index contributed by atoms with van der Waals surface area (Å²) in [6.45, 7) is 8.55. The molecule has 1 aliphatic carbocycles. The van der Waals surface area contributed by atoms with Gasteiger partial charge in [-0.3, -0.25) is 4.79 Å². The van der Waals surface area contributed by atoms with E-state index in [1.807, 2.05) is 6.92 Å². The molecule has 1 saturated carbocycles. The summed E-state index contributed by atoms with van der Waals surface area (Å²) in [6.07, 6.45) is 6.81. The lowest BCUT2D eigenvalue weighted by atomic mass is 9.88. The fourth-order valence-electron chi connectivity index (χ4n) is 4.33. The molecule has 1 aromatic carbocycles. The summed E-state index contributed by atoms with van der Waals surface area (Å²) >= 11 is 0. The molecule has 2 fully saturated rings. The topological polar surface area (TPSA) is 66.0 Å². The van der Waals surface area contributed by atoms with Crippen LogP contribution in [0, 0.1) is 5.92 Å². The molecule has 0 radical (unpaired) electrons. The van der Waals surface area contributed by atoms with Gasteiger partial charge in [-0.2, -0.15) is 0 Å². The third-order valence-electron chi connectivity index (χ3n) is 6.05. The van der Waals surface area contributed by atoms with E-state index in [0.717, 1.165) is 51.5 Å². The number of benzene rings is 1. The van der Waals surface area contributed by atoms with Crippen molar-refractivity contribution in [3.63, 3.8) is 0 Å². The molecule has 1 heterocycles. The number of guanidine groups is 1. The van der Waals surface area contributed by atoms with Gasteiger partial charge in [0.1, 0.15) is 0 Å². The highest BCUT2D eigenvalue weighted by Crippen LogP contribution is 2.26. The molecule has 1 unspecified atom stereocenters. The van der Waals surface area contributed by atoms with Gasteiger partial charge in [0.25, 0.3) is 0 Å². The van der Waals surface area contributed by atoms with Crippen molar-refractivity contribution < 1.29 is 9.53 Å². The largest absolute Gasteiger partial charge is 0.377 e. The van der Waals surface area contributed by atoms with Crippen molar-refractivity contribution in [2.45, 2.75) is 71.6 Å². The Morgan fingerprint density at radius 1 is 1.10 bits per heavy atom. The Labute approximate surface area is 181 Å². The van der Waals surface area contributed by atoms with Crippen LogP contribution in [0.25, 0.3) is 0 Å². The van der Waals surface area contributed by atoms with Crippen molar-refractivity contribution in [3.8, 4) is 0 Å². The zero-order chi connectivity index (χ0) is 21.2. The average Bonchev–Trinajstić information content (AvgIpc) is 3.25. The predicted molar refractivity (Wildman–Crippen MR) is 121 cm³/mol. The first-order valence-electron chi connectivity index (χ1n) is 11.7. The zero-order valence-corrected chi connectivity index (χ0v) is 18.7. The van der Waals surface area contributed by atoms with Crippen LogP contribution in [0.2, 0.25) is 0 Å². The minimum Gasteiger partial charge on any atom is -0.377 e. The summed E-state index contributed by atoms with van der Waals surface area (Å²) < 4.78 is 5.45. The number of rotatable bonds is 8. The van der Waals surface area contributed by atoms with E-state index in [9.17, 15) is 4.79 Å². The number of aliphatic imine (C=N–C) groups is 1. The molecule has 6 nitrogen and oxygen atoms in total. The van der Waals surface area contributed by atoms with Gasteiger partial charge in [-0.25, -0.2) is 4.99 Å². The number of amides is 1. The maximum absolute atomic E-state index is 12.8. The van der Waals surface area contributed by atoms with E-state index in [1.165, 1.54) is 30.4 Å². The third-order valence-corrected chi connectivity index (χ3v) is 6.05. The minimum atomic E-state index is 0.255. The molecule has 166 valence electrons. The van der Waals surface area contributed by atoms with Crippen molar-refractivity contribution in [1.29, 1.82) is 0 Å². The number of hydrogen-bond acceptors (Lipinski definition) is 3. The molecule has 1 aliphatic heterocycles. The third kappa shape index (κ3) is 6.73. The second kappa shape index (κ2) is 11.9. The van der Waals surface area contributed by atoms with Crippen molar-refractivity contribution in [3.05, 3.63) is 35.4 Å². The zero-order valence-electron chi connectivity index (χ0n) is 18.7. The number of ether oxygens (including phenoxy) is 1. The first kappa shape index (κ1) is 22.6. The second-order valence-electron chi connectivity index (χ2n) is 8.40. The van der Waals surface area contributed by atoms with E-state index < -0.39 is 0 Å². The molecular formula is C24H38N4O2. The number of carbonyl (C=O) groups is 1. The van der Waals surface area contributed by atoms with E-state index in [1.54, 1.807) is 0 Å². The molecular weight excluding hydrogens is 376 g/mol. The Morgan fingerprint density at radius 2 is 1.83 bits per heavy atom. The molecule has 3 rings (SSSR count). The molecule has 1 aromatic rings. The fraction of sp³-hybridized carbons (Fsp3) is 0.667. The first-order chi connectivity index (χ1) is 14.7. The van der Waals surface area contributed by atoms with Crippen LogP contribution in [0.15, 0.2) is 29.3 Å². The van der Waals surface area contributed by atoms with E-state index in [-0.39, 0.29) is 12.0 Å². The van der Waals surface area contributed by atoms with Crippen LogP contribution in [0.4, 0.5) is 0 Å². The van der Waals surface area contributed by atoms with Gasteiger partial charge in [0.2, 0.25) is 5.91 Å². The van der Waals surface area contributed by atoms with Crippen LogP contribution < -0.4 is 10.6 Å². The molecule has 0 aromatic heterocycles. The van der Waals surface area contributed by atoms with Crippen LogP contribution >= 0.6 is 0 Å². The van der Waals surface area contributed by atoms with Crippen LogP contribution in [-0.4, -0.2) is 49.0 Å². The maximum atomic E-state index is 12.8. The number of nitrogens with zero attached hydrogens (tertiary/aromatic N) is 2. The van der Waals surface area contributed by atoms with Crippen LogP contribution in [0.3, 0.4) is 0 Å². The van der Waals surface area contributed by atoms with Crippen LogP contribution in [0.1, 0.15) is 63.5 Å². The molecule has 1 amide bonds. The molecule has 2 aliphatic rings. The minimum absolute atomic E-state index is 0.255. The van der Waals surface area contributed by atoms with Gasteiger partial charge in [0.05, 0.1) is 13.2 Å². The molecule has 30 heavy (non-hydrogen) atoms. The molecule has 0 bridgehead atoms. The second-order valence-corrected chi connectivity index (χ2v) is 8.40. The van der Waals surface area contributed by atoms with Crippen molar-refractivity contribution in [2.24, 2.45) is 10.9 Å². The summed E-state index contributed by atoms with van der Waals surface area (Å²) in [4.78, 5) is 19.6. The van der Waals surface area contributed by atoms with E-state index >= 15 is 0 Å². The average molecular weight is 415 g/mol. The number of hydrogen-bond donors (Lipinski definition) is 2. The Hall–Kier alpha value is -2.08. The summed E-state index contributed by atoms with van der Waals surface area (Å²) in [7, 11) is 0. The first-order valence-corrected chi connectivity index (χ1v) is 11.7. The fourth-order valence-corrected chi connectivity index (χ4v) is 4.33. The smallest absolute Gasteiger partial charge is 0.225 e. The monoisotopic (exact) mass is 414 g/mol. The van der Waals surface area contributed by atoms with Gasteiger partial charge in [0, 0.05) is 38.2 Å². The maximum Gasteiger partial charge on any atom is 0.225 e. The van der Waals surface area contributed by atoms with E-state index in [2.05, 4.69) is 46.7 Å². The molecule has 6 heteroatoms. The Morgan fingerprint density at radius 3 is 2.53 bits per heavy atom. The lowest BCUT2D eigenvalue weighted by molar-refractivity contribution is -0.135. The summed E-state index contributed by atoms with van der Waals surface area (Å²) in [6, 6.07) is 8.70. The number of carbonyl (C=O) groups excluding carboxylic acids is 1. The van der Waals surface area contributed by atoms with Gasteiger partial charge in [-0.05, 0) is 44.2 Å². The van der Waals surface area contributed by atoms with Gasteiger partial charge >= 0.3 is 0 Å². The molecule has 0 spiro atoms. The van der Waals surface area contributed by atoms with E-state index in [0.29, 0.717) is 19.1 Å². The predicted octanol–water partition coefficient (Wildman–Crippen LogP) is 3.46. The highest BCUT2D eigenvalue weighted by molar-refractivity contribution is 5.81. The lowest BCUT2D eigenvalue weighted by Gasteiger charge is -2.26. The quantitative estimate of drug-likeness (QED) is 0.505. The van der Waals surface area contributed by atoms with Gasteiger partial charge in [-0.15, -0.1) is 0 Å². The molecule has 1 atom stereocenters. The highest BCUT2D eigenvalue weighted by Gasteiger charge is 2.31. The van der Waals surface area contributed by atoms with Gasteiger partial charge < -0.3 is 20.3 Å². The molecule has 1 saturated heterocycles. The Balaban J connectivity index is 1.50. The lowest BCUT2D eigenvalue weighted by Crippen LogP contribution is -2.45. The standard InChI is InChI=1S/C24H38N4O2/c1-3-25-24(26-16-19-10-12-20(13-11-19)18-30-4-2)27-22-14-15-28(17-22)23(29)21-8-6-5-7-9-21/h10-13,21-22H,3-9,14-18H2,1-2H3,(H2,25,26,27). The van der Waals surface area contributed by atoms with Crippen LogP contribution in [0.5, 0.6) is 0 Å². The molecule has 2 N–H and O–H groups in total. The summed E-state index contributed by atoms with van der Waals surface area (Å²) in [5.41, 5.74) is 2.36. The number of nitrogens with one attached hydrogen (secondary N) is 2. The van der Waals surface area contributed by atoms with E-state index in [4.69, 9.17) is 9.73 Å². The van der Waals surface area contributed by atoms with Gasteiger partial charge in [0.15, 0.2) is 5.96 Å². The summed E-state index contributed by atoms with van der Waals surface area (Å²) in [5, 5.41) is 6.88. The normalized spacial score (nSPS) is 20.4. The van der Waals surface area contributed by atoms with Crippen molar-refractivity contribution in [1.82, 2.24) is 15.5 Å². The van der Waals surface area contributed by atoms with Crippen LogP contribution in [-0.2, 0) is 22.7 Å². The summed E-state index contributed by atoms with van der Waals surface area (Å²) in [5.74, 6) is 1.45. The number of likely N-dealkylation sites (tertiary alicyclic amines) is 1. The Bertz CT molecular complexity index is 683.